The van der Waals surface area contributed by atoms with E-state index in [1.807, 2.05) is 4.90 Å². The van der Waals surface area contributed by atoms with Crippen LogP contribution in [0.3, 0.4) is 0 Å². The third kappa shape index (κ3) is 20.3. The Morgan fingerprint density at radius 3 is 1.05 bits per heavy atom. The van der Waals surface area contributed by atoms with E-state index >= 15 is 0 Å². The van der Waals surface area contributed by atoms with E-state index in [1.165, 1.54) is 0 Å². The zero-order valence-corrected chi connectivity index (χ0v) is 72.6. The second-order valence-electron chi connectivity index (χ2n) is 26.5. The lowest BCUT2D eigenvalue weighted by Gasteiger charge is -2.34. The van der Waals surface area contributed by atoms with Gasteiger partial charge >= 0.3 is 0 Å². The predicted octanol–water partition coefficient (Wildman–Crippen LogP) is 9.40. The summed E-state index contributed by atoms with van der Waals surface area (Å²) < 4.78 is 357. The first-order chi connectivity index (χ1) is 59.7. The van der Waals surface area contributed by atoms with Crippen molar-refractivity contribution in [2.75, 3.05) is 71.6 Å². The minimum atomic E-state index is -5.63. The highest BCUT2D eigenvalue weighted by Crippen LogP contribution is 2.52. The molecule has 65 heteroatoms. The summed E-state index contributed by atoms with van der Waals surface area (Å²) in [6.45, 7) is 1.41. The summed E-state index contributed by atoms with van der Waals surface area (Å²) in [4.78, 5) is 17.1. The lowest BCUT2D eigenvalue weighted by atomic mass is 10.1. The van der Waals surface area contributed by atoms with Gasteiger partial charge in [-0.15, -0.1) is 40.9 Å². The number of anilines is 8. The molecule has 2 aromatic heterocycles. The number of aromatic hydroxyl groups is 2. The van der Waals surface area contributed by atoms with Crippen LogP contribution in [0.25, 0.3) is 43.1 Å². The van der Waals surface area contributed by atoms with E-state index < -0.39 is 272 Å². The summed E-state index contributed by atoms with van der Waals surface area (Å²) >= 11 is 12.7. The molecule has 0 spiro atoms. The monoisotopic (exact) mass is 2010 g/mol. The fraction of sp³-hybridized carbons (Fsp3) is 0.0938. The fourth-order valence-corrected chi connectivity index (χ4v) is 20.2. The summed E-state index contributed by atoms with van der Waals surface area (Å²) in [6, 6.07) is 16.0. The van der Waals surface area contributed by atoms with Crippen molar-refractivity contribution in [2.45, 2.75) is 49.0 Å². The Labute approximate surface area is 733 Å². The smallest absolute Gasteiger partial charge is 0.297 e. The quantitative estimate of drug-likeness (QED) is 0.0129. The maximum atomic E-state index is 13.0. The Morgan fingerprint density at radius 2 is 0.682 bits per heavy atom. The summed E-state index contributed by atoms with van der Waals surface area (Å²) in [5.74, 6) is -3.67. The van der Waals surface area contributed by atoms with E-state index in [0.717, 1.165) is 97.1 Å². The number of nitrogen functional groups attached to an aromatic ring is 2. The minimum absolute atomic E-state index is 0.0204. The molecule has 0 atom stereocenters. The summed E-state index contributed by atoms with van der Waals surface area (Å²) in [5.41, 5.74) is 1.89. The van der Waals surface area contributed by atoms with Crippen molar-refractivity contribution in [3.63, 3.8) is 0 Å². The molecule has 1 aliphatic rings. The molecule has 1 aliphatic heterocycles. The van der Waals surface area contributed by atoms with Crippen LogP contribution in [0.4, 0.5) is 92.0 Å². The van der Waals surface area contributed by atoms with Crippen LogP contribution in [-0.4, -0.2) is 214 Å². The summed E-state index contributed by atoms with van der Waals surface area (Å²) in [5, 5.41) is 55.4. The second kappa shape index (κ2) is 34.3. The number of halogens is 2. The van der Waals surface area contributed by atoms with Crippen LogP contribution in [0.15, 0.2) is 211 Å². The van der Waals surface area contributed by atoms with Crippen molar-refractivity contribution in [3.05, 3.63) is 132 Å². The zero-order chi connectivity index (χ0) is 94.5. The molecule has 1 saturated heterocycles. The Bertz CT molecular complexity index is 8280. The van der Waals surface area contributed by atoms with Gasteiger partial charge in [0.25, 0.3) is 101 Å². The summed E-state index contributed by atoms with van der Waals surface area (Å²) in [7, 11) is -54.0. The molecule has 10 aromatic carbocycles. The predicted molar refractivity (Wildman–Crippen MR) is 449 cm³/mol. The number of nitrogens with two attached hydrogens (primary N) is 2. The van der Waals surface area contributed by atoms with Crippen molar-refractivity contribution in [1.29, 1.82) is 0 Å². The molecule has 0 aliphatic carbocycles. The van der Waals surface area contributed by atoms with Crippen LogP contribution in [0.1, 0.15) is 0 Å². The van der Waals surface area contributed by atoms with E-state index in [0.29, 0.717) is 37.4 Å². The molecule has 12 aromatic rings. The Balaban J connectivity index is 0.709. The molecule has 3 heterocycles. The average molecular weight is 2020 g/mol. The van der Waals surface area contributed by atoms with E-state index in [1.54, 1.807) is 4.90 Å². The molecular formula is C64H51Cl2N21O32S10. The lowest BCUT2D eigenvalue weighted by Crippen LogP contribution is -2.48. The first-order valence-electron chi connectivity index (χ1n) is 34.4. The summed E-state index contributed by atoms with van der Waals surface area (Å²) in [6.07, 6.45) is 0. The molecule has 678 valence electrons. The van der Waals surface area contributed by atoms with Crippen molar-refractivity contribution in [3.8, 4) is 11.5 Å². The number of rotatable bonds is 27. The highest BCUT2D eigenvalue weighted by molar-refractivity contribution is 7.88. The molecule has 53 nitrogen and oxygen atoms in total. The maximum Gasteiger partial charge on any atom is 0.297 e. The molecule has 13 rings (SSSR count). The minimum Gasteiger partial charge on any atom is -0.505 e. The number of benzene rings is 10. The van der Waals surface area contributed by atoms with Gasteiger partial charge in [0, 0.05) is 72.2 Å². The number of hydrogen-bond acceptors (Lipinski definition) is 43. The topological polar surface area (TPSA) is 855 Å². The van der Waals surface area contributed by atoms with Gasteiger partial charge in [0.05, 0.1) is 22.1 Å². The van der Waals surface area contributed by atoms with Crippen LogP contribution < -0.4 is 32.3 Å². The van der Waals surface area contributed by atoms with Crippen LogP contribution in [-0.2, 0) is 101 Å². The Morgan fingerprint density at radius 1 is 0.341 bits per heavy atom. The number of nitrogens with zero attached hydrogens (tertiary/aromatic N) is 16. The van der Waals surface area contributed by atoms with Gasteiger partial charge in [0.2, 0.25) is 34.4 Å². The number of hydrogen-bond donors (Lipinski definition) is 17. The van der Waals surface area contributed by atoms with Gasteiger partial charge in [-0.05, 0) is 119 Å². The molecule has 0 saturated carbocycles. The second-order valence-corrected chi connectivity index (χ2v) is 41.1. The number of azo groups is 4. The molecule has 129 heavy (non-hydrogen) atoms. The van der Waals surface area contributed by atoms with Crippen LogP contribution in [0.2, 0.25) is 10.6 Å². The van der Waals surface area contributed by atoms with Gasteiger partial charge in [0.1, 0.15) is 94.5 Å². The standard InChI is InChI=1S/C64H51Cl2N21O32S10/c65-59-72-61(76-62(73-59)70-29-7-13-41(122(96,97)98)37(25-29)80-84-53-45(126(108,109)110)23-27-21-43(124(102,103)104)51(49(67)47(27)55(53)88)82-78-35-11-9-31-33(57(35)128(114,115)116)3-1-5-39(31)120(90,91)92)69-15-16-86-17-19-87(20-18-86)64-75-60(66)74-63(77-64)71-30-8-14-42(123(99,100)101)38(26-30)81-85-54-46(127(111,112)113)24-28-22-44(125(105,106)107)52(50(68)48(28)56(54)89)83-79-36-12-10-32-34(58(36)129(117,118)119)4-2-6-40(32)121(93,94)95/h1-14,21-26,88-89H,15-20,67-68H2,(H,90,91,92)(H,93,94,95)(H,96,97,98)(H,99,100,101)(H,102,103,104)(H,105,106,107)(H,108,109,110)(H,111,112,113)(H,114,115,116)(H,117,118,119)(H,71,74,75,77)(H2,69,70,72,73,76). The van der Waals surface area contributed by atoms with Gasteiger partial charge < -0.3 is 42.5 Å². The highest BCUT2D eigenvalue weighted by atomic mass is 35.5. The van der Waals surface area contributed by atoms with Crippen LogP contribution in [0.5, 0.6) is 11.5 Å². The van der Waals surface area contributed by atoms with Gasteiger partial charge in [-0.25, -0.2) is 0 Å². The number of fused-ring (bicyclic) bond motifs is 4. The van der Waals surface area contributed by atoms with Gasteiger partial charge in [-0.1, -0.05) is 36.4 Å². The van der Waals surface area contributed by atoms with Crippen LogP contribution in [0, 0.1) is 0 Å². The Hall–Kier alpha value is -12.3. The normalized spacial score (nSPS) is 14.1. The van der Waals surface area contributed by atoms with E-state index in [2.05, 4.69) is 86.8 Å². The molecule has 0 unspecified atom stereocenters. The third-order valence-electron chi connectivity index (χ3n) is 18.3. The van der Waals surface area contributed by atoms with Crippen LogP contribution >= 0.6 is 23.2 Å². The molecular weight excluding hydrogens is 1970 g/mol. The SMILES string of the molecule is Nc1c(N=Nc2ccc3c(S(=O)(=O)O)cccc3c2S(=O)(=O)O)c(S(=O)(=O)O)cc2cc(S(=O)(=O)O)c(N=Nc3cc(Nc4nc(Cl)nc(NCCN5CCN(c6nc(Cl)nc(Nc7ccc(S(=O)(=O)O)c(N=Nc8c(S(=O)(=O)O)cc9cc(S(=O)(=O)O)c(N=Nc%10ccc%11c(S(=O)(=O)O)cccc%11c%10S(=O)(=O)O)c(N)c9c8O)c7)n6)CC5)n4)ccc3S(=O)(=O)O)c(O)c12. The van der Waals surface area contributed by atoms with E-state index in [9.17, 15) is 140 Å². The van der Waals surface area contributed by atoms with Crippen molar-refractivity contribution in [1.82, 2.24) is 34.8 Å². The average Bonchev–Trinajstić information content (AvgIpc) is 0.751. The third-order valence-corrected chi connectivity index (χ3v) is 27.6. The van der Waals surface area contributed by atoms with Crippen molar-refractivity contribution < 1.29 is 140 Å². The number of phenols is 2. The maximum absolute atomic E-state index is 13.0. The van der Waals surface area contributed by atoms with Crippen molar-refractivity contribution in [2.24, 2.45) is 40.9 Å². The van der Waals surface area contributed by atoms with E-state index in [4.69, 9.17) is 34.7 Å². The first kappa shape index (κ1) is 94.3. The molecule has 0 amide bonds. The van der Waals surface area contributed by atoms with Gasteiger partial charge in [-0.3, -0.25) is 50.4 Å². The lowest BCUT2D eigenvalue weighted by molar-refractivity contribution is 0.266. The molecule has 1 fully saturated rings. The van der Waals surface area contributed by atoms with Crippen molar-refractivity contribution >= 4 is 260 Å². The molecule has 0 radical (unpaired) electrons. The largest absolute Gasteiger partial charge is 0.505 e. The van der Waals surface area contributed by atoms with Gasteiger partial charge in [0.15, 0.2) is 11.5 Å². The number of nitrogens with one attached hydrogen (secondary N) is 3. The number of piperazine rings is 1. The first-order valence-corrected chi connectivity index (χ1v) is 49.5. The zero-order valence-electron chi connectivity index (χ0n) is 63.0. The molecule has 0 bridgehead atoms. The Kier molecular flexibility index (Phi) is 25.1. The number of aromatic nitrogens is 6. The highest BCUT2D eigenvalue weighted by Gasteiger charge is 2.34. The fourth-order valence-electron chi connectivity index (χ4n) is 12.9. The van der Waals surface area contributed by atoms with E-state index in [-0.39, 0.29) is 61.3 Å². The van der Waals surface area contributed by atoms with Gasteiger partial charge in [-0.2, -0.15) is 114 Å². The number of phenolic OH excluding ortho intramolecular Hbond substituents is 2. The molecule has 19 N–H and O–H groups in total.